The zero-order valence-electron chi connectivity index (χ0n) is 18.4. The minimum atomic E-state index is -4.40. The number of carbonyl (C=O) groups excluding carboxylic acids is 2. The maximum absolute atomic E-state index is 13.1. The Hall–Kier alpha value is -3.89. The lowest BCUT2D eigenvalue weighted by Crippen LogP contribution is -2.46. The number of aromatic amines is 1. The number of rotatable bonds is 6. The molecular weight excluding hydrogens is 468 g/mol. The normalized spacial score (nSPS) is 14.6. The monoisotopic (exact) mass is 490 g/mol. The molecule has 0 aliphatic carbocycles. The summed E-state index contributed by atoms with van der Waals surface area (Å²) < 4.78 is 56.8. The van der Waals surface area contributed by atoms with Crippen molar-refractivity contribution in [2.24, 2.45) is 0 Å². The third-order valence-electron chi connectivity index (χ3n) is 5.64. The molecule has 2 amide bonds. The van der Waals surface area contributed by atoms with Crippen LogP contribution in [0.3, 0.4) is 0 Å². The average Bonchev–Trinajstić information content (AvgIpc) is 3.33. The summed E-state index contributed by atoms with van der Waals surface area (Å²) >= 11 is 0. The number of H-pyrrole nitrogens is 1. The van der Waals surface area contributed by atoms with Crippen LogP contribution in [0.4, 0.5) is 17.6 Å². The van der Waals surface area contributed by atoms with E-state index in [2.05, 4.69) is 15.5 Å². The summed E-state index contributed by atoms with van der Waals surface area (Å²) in [6.45, 7) is 0.603. The number of likely N-dealkylation sites (tertiary alicyclic amines) is 1. The van der Waals surface area contributed by atoms with Crippen LogP contribution in [0, 0.1) is 5.82 Å². The molecule has 0 bridgehead atoms. The molecule has 0 unspecified atom stereocenters. The first-order chi connectivity index (χ1) is 16.7. The van der Waals surface area contributed by atoms with E-state index in [0.29, 0.717) is 42.9 Å². The zero-order chi connectivity index (χ0) is 25.0. The van der Waals surface area contributed by atoms with Crippen molar-refractivity contribution in [3.63, 3.8) is 0 Å². The summed E-state index contributed by atoms with van der Waals surface area (Å²) in [6.07, 6.45) is -3.59. The fourth-order valence-electron chi connectivity index (χ4n) is 3.71. The second-order valence-corrected chi connectivity index (χ2v) is 8.08. The maximum atomic E-state index is 13.1. The van der Waals surface area contributed by atoms with Gasteiger partial charge in [0.15, 0.2) is 0 Å². The number of hydrogen-bond donors (Lipinski definition) is 2. The number of benzene rings is 2. The number of nitrogens with one attached hydrogen (secondary N) is 2. The summed E-state index contributed by atoms with van der Waals surface area (Å²) in [6, 6.07) is 11.7. The molecule has 2 N–H and O–H groups in total. The summed E-state index contributed by atoms with van der Waals surface area (Å²) in [5.74, 6) is -0.796. The van der Waals surface area contributed by atoms with E-state index in [1.165, 1.54) is 30.3 Å². The number of ether oxygens (including phenoxy) is 1. The quantitative estimate of drug-likeness (QED) is 0.511. The molecule has 1 aliphatic rings. The van der Waals surface area contributed by atoms with Gasteiger partial charge in [-0.05, 0) is 54.6 Å². The fraction of sp³-hybridized carbons (Fsp3) is 0.292. The van der Waals surface area contributed by atoms with Gasteiger partial charge in [-0.15, -0.1) is 0 Å². The number of halogens is 4. The van der Waals surface area contributed by atoms with E-state index < -0.39 is 17.6 Å². The predicted octanol–water partition coefficient (Wildman–Crippen LogP) is 4.03. The highest BCUT2D eigenvalue weighted by Gasteiger charge is 2.30. The first kappa shape index (κ1) is 24.2. The van der Waals surface area contributed by atoms with Crippen LogP contribution in [-0.4, -0.2) is 52.6 Å². The van der Waals surface area contributed by atoms with Gasteiger partial charge in [0, 0.05) is 31.5 Å². The second-order valence-electron chi connectivity index (χ2n) is 8.08. The van der Waals surface area contributed by atoms with Crippen molar-refractivity contribution in [3.05, 3.63) is 71.7 Å². The van der Waals surface area contributed by atoms with Crippen molar-refractivity contribution in [3.8, 4) is 17.0 Å². The highest BCUT2D eigenvalue weighted by molar-refractivity contribution is 5.95. The van der Waals surface area contributed by atoms with Crippen LogP contribution in [0.5, 0.6) is 5.75 Å². The van der Waals surface area contributed by atoms with Gasteiger partial charge in [-0.25, -0.2) is 4.39 Å². The molecule has 0 saturated carbocycles. The molecular formula is C24H22F4N4O3. The molecule has 11 heteroatoms. The molecule has 2 heterocycles. The van der Waals surface area contributed by atoms with Gasteiger partial charge in [0.25, 0.3) is 5.91 Å². The minimum Gasteiger partial charge on any atom is -0.490 e. The standard InChI is InChI=1S/C24H22F4N4O3/c25-17-5-1-15(2-6-17)20-13-21(31-30-20)23(34)29-14-22(33)32-11-9-19(10-12-32)35-18-7-3-16(4-8-18)24(26,27)28/h1-8,13,19H,9-12,14H2,(H,29,34)(H,30,31). The lowest BCUT2D eigenvalue weighted by Gasteiger charge is -2.32. The Morgan fingerprint density at radius 1 is 1.06 bits per heavy atom. The molecule has 1 fully saturated rings. The Balaban J connectivity index is 1.22. The number of hydrogen-bond acceptors (Lipinski definition) is 4. The summed E-state index contributed by atoms with van der Waals surface area (Å²) in [5, 5.41) is 9.20. The Labute approximate surface area is 198 Å². The van der Waals surface area contributed by atoms with E-state index in [1.807, 2.05) is 0 Å². The van der Waals surface area contributed by atoms with Gasteiger partial charge in [-0.2, -0.15) is 18.3 Å². The van der Waals surface area contributed by atoms with Crippen LogP contribution in [0.15, 0.2) is 54.6 Å². The second kappa shape index (κ2) is 10.2. The summed E-state index contributed by atoms with van der Waals surface area (Å²) in [4.78, 5) is 26.5. The van der Waals surface area contributed by atoms with Gasteiger partial charge >= 0.3 is 6.18 Å². The van der Waals surface area contributed by atoms with Crippen LogP contribution < -0.4 is 10.1 Å². The predicted molar refractivity (Wildman–Crippen MR) is 118 cm³/mol. The highest BCUT2D eigenvalue weighted by Crippen LogP contribution is 2.31. The number of aromatic nitrogens is 2. The lowest BCUT2D eigenvalue weighted by atomic mass is 10.1. The van der Waals surface area contributed by atoms with Gasteiger partial charge in [-0.1, -0.05) is 0 Å². The number of amides is 2. The van der Waals surface area contributed by atoms with Crippen molar-refractivity contribution in [1.82, 2.24) is 20.4 Å². The van der Waals surface area contributed by atoms with E-state index in [1.54, 1.807) is 17.0 Å². The van der Waals surface area contributed by atoms with Crippen LogP contribution in [-0.2, 0) is 11.0 Å². The molecule has 184 valence electrons. The summed E-state index contributed by atoms with van der Waals surface area (Å²) in [7, 11) is 0. The molecule has 2 aromatic carbocycles. The van der Waals surface area contributed by atoms with Crippen LogP contribution >= 0.6 is 0 Å². The van der Waals surface area contributed by atoms with Gasteiger partial charge in [0.1, 0.15) is 23.4 Å². The molecule has 0 radical (unpaired) electrons. The largest absolute Gasteiger partial charge is 0.490 e. The van der Waals surface area contributed by atoms with Gasteiger partial charge in [0.2, 0.25) is 5.91 Å². The Morgan fingerprint density at radius 3 is 2.34 bits per heavy atom. The Kier molecular flexibility index (Phi) is 7.04. The topological polar surface area (TPSA) is 87.3 Å². The van der Waals surface area contributed by atoms with Crippen LogP contribution in [0.2, 0.25) is 0 Å². The third-order valence-corrected chi connectivity index (χ3v) is 5.64. The number of alkyl halides is 3. The van der Waals surface area contributed by atoms with Crippen LogP contribution in [0.25, 0.3) is 11.3 Å². The van der Waals surface area contributed by atoms with Gasteiger partial charge in [-0.3, -0.25) is 14.7 Å². The van der Waals surface area contributed by atoms with Crippen molar-refractivity contribution < 1.29 is 31.9 Å². The third kappa shape index (κ3) is 6.17. The molecule has 1 aliphatic heterocycles. The average molecular weight is 490 g/mol. The molecule has 0 atom stereocenters. The molecule has 4 rings (SSSR count). The molecule has 7 nitrogen and oxygen atoms in total. The van der Waals surface area contributed by atoms with E-state index in [4.69, 9.17) is 4.74 Å². The summed E-state index contributed by atoms with van der Waals surface area (Å²) in [5.41, 5.74) is 0.533. The van der Waals surface area contributed by atoms with E-state index in [-0.39, 0.29) is 30.1 Å². The molecule has 0 spiro atoms. The highest BCUT2D eigenvalue weighted by atomic mass is 19.4. The molecule has 1 aromatic heterocycles. The maximum Gasteiger partial charge on any atom is 0.416 e. The van der Waals surface area contributed by atoms with E-state index in [9.17, 15) is 27.2 Å². The lowest BCUT2D eigenvalue weighted by molar-refractivity contribution is -0.137. The van der Waals surface area contributed by atoms with Crippen molar-refractivity contribution >= 4 is 11.8 Å². The Bertz CT molecular complexity index is 1170. The molecule has 1 saturated heterocycles. The minimum absolute atomic E-state index is 0.167. The molecule has 3 aromatic rings. The molecule has 35 heavy (non-hydrogen) atoms. The van der Waals surface area contributed by atoms with E-state index >= 15 is 0 Å². The first-order valence-corrected chi connectivity index (χ1v) is 10.9. The van der Waals surface area contributed by atoms with Crippen molar-refractivity contribution in [1.29, 1.82) is 0 Å². The number of nitrogens with zero attached hydrogens (tertiary/aromatic N) is 2. The number of carbonyl (C=O) groups is 2. The number of piperidine rings is 1. The van der Waals surface area contributed by atoms with Crippen molar-refractivity contribution in [2.75, 3.05) is 19.6 Å². The fourth-order valence-corrected chi connectivity index (χ4v) is 3.71. The first-order valence-electron chi connectivity index (χ1n) is 10.9. The van der Waals surface area contributed by atoms with E-state index in [0.717, 1.165) is 12.1 Å². The SMILES string of the molecule is O=C(NCC(=O)N1CCC(Oc2ccc(C(F)(F)F)cc2)CC1)c1cc(-c2ccc(F)cc2)n[nH]1. The smallest absolute Gasteiger partial charge is 0.416 e. The Morgan fingerprint density at radius 2 is 1.71 bits per heavy atom. The zero-order valence-corrected chi connectivity index (χ0v) is 18.4. The van der Waals surface area contributed by atoms with Crippen molar-refractivity contribution in [2.45, 2.75) is 25.1 Å². The van der Waals surface area contributed by atoms with Gasteiger partial charge in [0.05, 0.1) is 17.8 Å². The van der Waals surface area contributed by atoms with Crippen LogP contribution in [0.1, 0.15) is 28.9 Å². The van der Waals surface area contributed by atoms with Gasteiger partial charge < -0.3 is 15.0 Å².